The van der Waals surface area contributed by atoms with Gasteiger partial charge in [0, 0.05) is 12.5 Å². The number of ether oxygens (including phenoxy) is 1. The van der Waals surface area contributed by atoms with Gasteiger partial charge in [0.15, 0.2) is 6.29 Å². The summed E-state index contributed by atoms with van der Waals surface area (Å²) in [5.41, 5.74) is 4.85. The van der Waals surface area contributed by atoms with Crippen molar-refractivity contribution in [2.75, 3.05) is 20.6 Å². The lowest BCUT2D eigenvalue weighted by Gasteiger charge is -2.34. The van der Waals surface area contributed by atoms with Gasteiger partial charge in [-0.25, -0.2) is 0 Å². The summed E-state index contributed by atoms with van der Waals surface area (Å²) >= 11 is 0. The SMILES string of the molecule is CC1CC(N(C)C)CC(O)O1.CCN. The second-order valence-corrected chi connectivity index (χ2v) is 3.90. The van der Waals surface area contributed by atoms with Crippen molar-refractivity contribution < 1.29 is 9.84 Å². The van der Waals surface area contributed by atoms with Gasteiger partial charge in [-0.15, -0.1) is 0 Å². The Labute approximate surface area is 87.0 Å². The summed E-state index contributed by atoms with van der Waals surface area (Å²) in [5, 5.41) is 9.25. The molecule has 3 unspecified atom stereocenters. The van der Waals surface area contributed by atoms with E-state index in [9.17, 15) is 5.11 Å². The number of hydrogen-bond acceptors (Lipinski definition) is 4. The smallest absolute Gasteiger partial charge is 0.156 e. The Kier molecular flexibility index (Phi) is 7.09. The van der Waals surface area contributed by atoms with Gasteiger partial charge in [-0.1, -0.05) is 6.92 Å². The molecule has 0 saturated carbocycles. The van der Waals surface area contributed by atoms with Gasteiger partial charge in [0.2, 0.25) is 0 Å². The fourth-order valence-corrected chi connectivity index (χ4v) is 1.51. The van der Waals surface area contributed by atoms with Crippen LogP contribution >= 0.6 is 0 Å². The van der Waals surface area contributed by atoms with E-state index >= 15 is 0 Å². The Balaban J connectivity index is 0.000000500. The van der Waals surface area contributed by atoms with Gasteiger partial charge in [0.05, 0.1) is 6.10 Å². The molecular formula is C10H24N2O2. The van der Waals surface area contributed by atoms with Gasteiger partial charge in [-0.05, 0) is 34.0 Å². The van der Waals surface area contributed by atoms with Gasteiger partial charge in [-0.3, -0.25) is 0 Å². The van der Waals surface area contributed by atoms with Crippen LogP contribution in [-0.2, 0) is 4.74 Å². The fraction of sp³-hybridized carbons (Fsp3) is 1.00. The van der Waals surface area contributed by atoms with Gasteiger partial charge in [0.1, 0.15) is 0 Å². The first kappa shape index (κ1) is 13.8. The zero-order chi connectivity index (χ0) is 11.1. The van der Waals surface area contributed by atoms with E-state index in [0.29, 0.717) is 6.04 Å². The van der Waals surface area contributed by atoms with Crippen LogP contribution in [0, 0.1) is 0 Å². The molecule has 0 amide bonds. The van der Waals surface area contributed by atoms with E-state index in [4.69, 9.17) is 10.5 Å². The Morgan fingerprint density at radius 1 is 1.43 bits per heavy atom. The van der Waals surface area contributed by atoms with Gasteiger partial charge < -0.3 is 20.5 Å². The maximum Gasteiger partial charge on any atom is 0.156 e. The summed E-state index contributed by atoms with van der Waals surface area (Å²) in [6.45, 7) is 4.65. The van der Waals surface area contributed by atoms with Crippen molar-refractivity contribution in [1.82, 2.24) is 4.90 Å². The molecule has 1 fully saturated rings. The molecule has 0 aromatic rings. The number of hydrogen-bond donors (Lipinski definition) is 2. The second kappa shape index (κ2) is 7.17. The topological polar surface area (TPSA) is 58.7 Å². The lowest BCUT2D eigenvalue weighted by molar-refractivity contribution is -0.172. The first-order valence-corrected chi connectivity index (χ1v) is 5.21. The minimum Gasteiger partial charge on any atom is -0.368 e. The Morgan fingerprint density at radius 2 is 1.93 bits per heavy atom. The van der Waals surface area contributed by atoms with E-state index in [0.717, 1.165) is 19.4 Å². The van der Waals surface area contributed by atoms with Crippen molar-refractivity contribution in [3.63, 3.8) is 0 Å². The second-order valence-electron chi connectivity index (χ2n) is 3.90. The summed E-state index contributed by atoms with van der Waals surface area (Å²) in [5.74, 6) is 0. The van der Waals surface area contributed by atoms with E-state index in [1.807, 2.05) is 27.9 Å². The first-order chi connectivity index (χ1) is 6.51. The summed E-state index contributed by atoms with van der Waals surface area (Å²) in [4.78, 5) is 2.14. The third-order valence-electron chi connectivity index (χ3n) is 2.20. The molecule has 0 bridgehead atoms. The molecule has 1 saturated heterocycles. The van der Waals surface area contributed by atoms with Crippen LogP contribution in [0.25, 0.3) is 0 Å². The molecule has 0 aliphatic carbocycles. The molecule has 14 heavy (non-hydrogen) atoms. The molecular weight excluding hydrogens is 180 g/mol. The molecule has 0 spiro atoms. The van der Waals surface area contributed by atoms with Crippen LogP contribution in [0.15, 0.2) is 0 Å². The highest BCUT2D eigenvalue weighted by Crippen LogP contribution is 2.20. The maximum absolute atomic E-state index is 9.25. The quantitative estimate of drug-likeness (QED) is 0.649. The van der Waals surface area contributed by atoms with Gasteiger partial charge >= 0.3 is 0 Å². The zero-order valence-electron chi connectivity index (χ0n) is 9.73. The third-order valence-corrected chi connectivity index (χ3v) is 2.20. The fourth-order valence-electron chi connectivity index (χ4n) is 1.51. The van der Waals surface area contributed by atoms with Crippen molar-refractivity contribution in [2.24, 2.45) is 5.73 Å². The minimum atomic E-state index is -0.564. The monoisotopic (exact) mass is 204 g/mol. The summed E-state index contributed by atoms with van der Waals surface area (Å²) in [6.07, 6.45) is 1.37. The number of aliphatic hydroxyl groups is 1. The Morgan fingerprint density at radius 3 is 2.29 bits per heavy atom. The molecule has 0 aromatic carbocycles. The molecule has 0 radical (unpaired) electrons. The van der Waals surface area contributed by atoms with Gasteiger partial charge in [0.25, 0.3) is 0 Å². The Hall–Kier alpha value is -0.160. The predicted molar refractivity (Wildman–Crippen MR) is 58.0 cm³/mol. The highest BCUT2D eigenvalue weighted by atomic mass is 16.6. The van der Waals surface area contributed by atoms with E-state index in [2.05, 4.69) is 4.90 Å². The number of aliphatic hydroxyl groups excluding tert-OH is 1. The van der Waals surface area contributed by atoms with E-state index in [1.165, 1.54) is 0 Å². The average Bonchev–Trinajstić information content (AvgIpc) is 2.03. The van der Waals surface area contributed by atoms with Crippen LogP contribution in [0.3, 0.4) is 0 Å². The van der Waals surface area contributed by atoms with Crippen molar-refractivity contribution in [3.05, 3.63) is 0 Å². The number of nitrogens with two attached hydrogens (primary N) is 1. The maximum atomic E-state index is 9.25. The molecule has 1 aliphatic heterocycles. The van der Waals surface area contributed by atoms with Crippen LogP contribution in [0.1, 0.15) is 26.7 Å². The standard InChI is InChI=1S/C8H17NO2.C2H7N/c1-6-4-7(9(2)3)5-8(10)11-6;1-2-3/h6-8,10H,4-5H2,1-3H3;2-3H2,1H3. The number of nitrogens with zero attached hydrogens (tertiary/aromatic N) is 1. The summed E-state index contributed by atoms with van der Waals surface area (Å²) in [6, 6.07) is 0.466. The molecule has 86 valence electrons. The van der Waals surface area contributed by atoms with Crippen LogP contribution in [0.2, 0.25) is 0 Å². The highest BCUT2D eigenvalue weighted by Gasteiger charge is 2.26. The van der Waals surface area contributed by atoms with Crippen LogP contribution in [0.5, 0.6) is 0 Å². The number of rotatable bonds is 1. The van der Waals surface area contributed by atoms with E-state index in [-0.39, 0.29) is 6.10 Å². The van der Waals surface area contributed by atoms with Crippen LogP contribution < -0.4 is 5.73 Å². The minimum absolute atomic E-state index is 0.186. The summed E-state index contributed by atoms with van der Waals surface area (Å²) < 4.78 is 5.20. The largest absolute Gasteiger partial charge is 0.368 e. The van der Waals surface area contributed by atoms with Crippen molar-refractivity contribution in [3.8, 4) is 0 Å². The lowest BCUT2D eigenvalue weighted by atomic mass is 10.0. The normalized spacial score (nSPS) is 32.4. The van der Waals surface area contributed by atoms with Crippen molar-refractivity contribution in [1.29, 1.82) is 0 Å². The van der Waals surface area contributed by atoms with Crippen LogP contribution in [-0.4, -0.2) is 49.1 Å². The molecule has 3 atom stereocenters. The van der Waals surface area contributed by atoms with Gasteiger partial charge in [-0.2, -0.15) is 0 Å². The molecule has 1 aliphatic rings. The Bertz CT molecular complexity index is 132. The van der Waals surface area contributed by atoms with Crippen LogP contribution in [0.4, 0.5) is 0 Å². The average molecular weight is 204 g/mol. The first-order valence-electron chi connectivity index (χ1n) is 5.21. The third kappa shape index (κ3) is 5.54. The summed E-state index contributed by atoms with van der Waals surface area (Å²) in [7, 11) is 4.07. The zero-order valence-corrected chi connectivity index (χ0v) is 9.73. The molecule has 3 N–H and O–H groups in total. The lowest BCUT2D eigenvalue weighted by Crippen LogP contribution is -2.41. The molecule has 4 heteroatoms. The molecule has 4 nitrogen and oxygen atoms in total. The van der Waals surface area contributed by atoms with Crippen molar-refractivity contribution >= 4 is 0 Å². The predicted octanol–water partition coefficient (Wildman–Crippen LogP) is 0.399. The molecule has 1 rings (SSSR count). The van der Waals surface area contributed by atoms with E-state index < -0.39 is 6.29 Å². The highest BCUT2D eigenvalue weighted by molar-refractivity contribution is 4.75. The van der Waals surface area contributed by atoms with E-state index in [1.54, 1.807) is 0 Å². The van der Waals surface area contributed by atoms with Crippen molar-refractivity contribution in [2.45, 2.75) is 45.1 Å². The molecule has 1 heterocycles. The molecule has 0 aromatic heterocycles.